The van der Waals surface area contributed by atoms with Gasteiger partial charge in [-0.05, 0) is 51.4 Å². The summed E-state index contributed by atoms with van der Waals surface area (Å²) < 4.78 is 0. The van der Waals surface area contributed by atoms with Crippen molar-refractivity contribution in [3.8, 4) is 0 Å². The number of aliphatic hydroxyl groups is 1. The third-order valence-corrected chi connectivity index (χ3v) is 4.33. The molecule has 22 heavy (non-hydrogen) atoms. The van der Waals surface area contributed by atoms with Gasteiger partial charge in [-0.1, -0.05) is 42.5 Å². The van der Waals surface area contributed by atoms with Crippen LogP contribution in [0.2, 0.25) is 0 Å². The van der Waals surface area contributed by atoms with Gasteiger partial charge in [0.1, 0.15) is 0 Å². The zero-order chi connectivity index (χ0) is 15.8. The first-order valence-corrected chi connectivity index (χ1v) is 8.44. The lowest BCUT2D eigenvalue weighted by atomic mass is 9.96. The van der Waals surface area contributed by atoms with Crippen molar-refractivity contribution in [2.45, 2.75) is 25.9 Å². The van der Waals surface area contributed by atoms with E-state index in [4.69, 9.17) is 0 Å². The van der Waals surface area contributed by atoms with Gasteiger partial charge in [0.2, 0.25) is 0 Å². The molecule has 0 spiro atoms. The highest BCUT2D eigenvalue weighted by atomic mass is 16.3. The molecule has 1 heterocycles. The SMILES string of the molecule is C[C@@H](O)CN1CCC(CN(C)C/C=C/c2ccccc2)CC1. The fourth-order valence-corrected chi connectivity index (χ4v) is 3.17. The molecule has 0 bridgehead atoms. The number of likely N-dealkylation sites (N-methyl/N-ethyl adjacent to an activating group) is 1. The minimum absolute atomic E-state index is 0.206. The van der Waals surface area contributed by atoms with E-state index in [1.165, 1.54) is 24.9 Å². The maximum Gasteiger partial charge on any atom is 0.0639 e. The Morgan fingerprint density at radius 2 is 1.95 bits per heavy atom. The lowest BCUT2D eigenvalue weighted by molar-refractivity contribution is 0.0936. The van der Waals surface area contributed by atoms with Crippen molar-refractivity contribution in [1.82, 2.24) is 9.80 Å². The molecule has 3 nitrogen and oxygen atoms in total. The Hall–Kier alpha value is -1.16. The second kappa shape index (κ2) is 9.09. The molecule has 0 aliphatic carbocycles. The maximum absolute atomic E-state index is 9.45. The summed E-state index contributed by atoms with van der Waals surface area (Å²) in [7, 11) is 2.21. The van der Waals surface area contributed by atoms with Crippen LogP contribution in [-0.2, 0) is 0 Å². The van der Waals surface area contributed by atoms with E-state index in [-0.39, 0.29) is 6.10 Å². The van der Waals surface area contributed by atoms with Gasteiger partial charge in [0.25, 0.3) is 0 Å². The van der Waals surface area contributed by atoms with Crippen LogP contribution in [0.15, 0.2) is 36.4 Å². The monoisotopic (exact) mass is 302 g/mol. The van der Waals surface area contributed by atoms with Crippen LogP contribution in [0.3, 0.4) is 0 Å². The van der Waals surface area contributed by atoms with E-state index in [2.05, 4.69) is 53.3 Å². The summed E-state index contributed by atoms with van der Waals surface area (Å²) in [6, 6.07) is 10.5. The van der Waals surface area contributed by atoms with Crippen LogP contribution in [0.4, 0.5) is 0 Å². The molecule has 2 rings (SSSR count). The van der Waals surface area contributed by atoms with Crippen LogP contribution in [0.25, 0.3) is 6.08 Å². The summed E-state index contributed by atoms with van der Waals surface area (Å²) in [5, 5.41) is 9.45. The molecule has 1 aromatic carbocycles. The van der Waals surface area contributed by atoms with Crippen molar-refractivity contribution in [1.29, 1.82) is 0 Å². The average Bonchev–Trinajstić information content (AvgIpc) is 2.50. The van der Waals surface area contributed by atoms with Crippen molar-refractivity contribution in [2.75, 3.05) is 39.8 Å². The van der Waals surface area contributed by atoms with E-state index < -0.39 is 0 Å². The predicted molar refractivity (Wildman–Crippen MR) is 93.8 cm³/mol. The molecule has 0 saturated carbocycles. The van der Waals surface area contributed by atoms with Gasteiger partial charge in [-0.2, -0.15) is 0 Å². The van der Waals surface area contributed by atoms with Crippen LogP contribution in [0.5, 0.6) is 0 Å². The molecule has 1 N–H and O–H groups in total. The highest BCUT2D eigenvalue weighted by Gasteiger charge is 2.20. The fraction of sp³-hybridized carbons (Fsp3) is 0.579. The van der Waals surface area contributed by atoms with Gasteiger partial charge in [-0.3, -0.25) is 0 Å². The Kier molecular flexibility index (Phi) is 7.10. The summed E-state index contributed by atoms with van der Waals surface area (Å²) in [4.78, 5) is 4.80. The Morgan fingerprint density at radius 3 is 2.59 bits per heavy atom. The van der Waals surface area contributed by atoms with Crippen molar-refractivity contribution in [3.63, 3.8) is 0 Å². The number of rotatable bonds is 7. The Morgan fingerprint density at radius 1 is 1.27 bits per heavy atom. The number of hydrogen-bond acceptors (Lipinski definition) is 3. The number of benzene rings is 1. The van der Waals surface area contributed by atoms with E-state index in [0.29, 0.717) is 0 Å². The van der Waals surface area contributed by atoms with Gasteiger partial charge in [0, 0.05) is 19.6 Å². The van der Waals surface area contributed by atoms with Crippen LogP contribution in [0, 0.1) is 5.92 Å². The standard InChI is InChI=1S/C19H30N2O/c1-17(22)15-21-13-10-19(11-14-21)16-20(2)12-6-9-18-7-4-3-5-8-18/h3-9,17,19,22H,10-16H2,1-2H3/b9-6+/t17-/m1/s1. The number of piperidine rings is 1. The summed E-state index contributed by atoms with van der Waals surface area (Å²) >= 11 is 0. The summed E-state index contributed by atoms with van der Waals surface area (Å²) in [6.45, 7) is 7.12. The molecule has 122 valence electrons. The van der Waals surface area contributed by atoms with Crippen molar-refractivity contribution < 1.29 is 5.11 Å². The molecule has 0 amide bonds. The van der Waals surface area contributed by atoms with E-state index in [1.54, 1.807) is 0 Å². The van der Waals surface area contributed by atoms with Gasteiger partial charge >= 0.3 is 0 Å². The minimum atomic E-state index is -0.206. The smallest absolute Gasteiger partial charge is 0.0639 e. The topological polar surface area (TPSA) is 26.7 Å². The molecule has 1 atom stereocenters. The van der Waals surface area contributed by atoms with Crippen molar-refractivity contribution >= 4 is 6.08 Å². The predicted octanol–water partition coefficient (Wildman–Crippen LogP) is 2.72. The highest BCUT2D eigenvalue weighted by Crippen LogP contribution is 2.18. The average molecular weight is 302 g/mol. The lowest BCUT2D eigenvalue weighted by Crippen LogP contribution is -2.40. The largest absolute Gasteiger partial charge is 0.392 e. The third kappa shape index (κ3) is 6.30. The van der Waals surface area contributed by atoms with Gasteiger partial charge in [0.05, 0.1) is 6.10 Å². The van der Waals surface area contributed by atoms with Crippen LogP contribution in [0.1, 0.15) is 25.3 Å². The van der Waals surface area contributed by atoms with Crippen LogP contribution < -0.4 is 0 Å². The first-order valence-electron chi connectivity index (χ1n) is 8.44. The molecule has 1 aliphatic rings. The first-order chi connectivity index (χ1) is 10.6. The second-order valence-electron chi connectivity index (χ2n) is 6.63. The molecular formula is C19H30N2O. The molecule has 1 saturated heterocycles. The maximum atomic E-state index is 9.45. The lowest BCUT2D eigenvalue weighted by Gasteiger charge is -2.34. The minimum Gasteiger partial charge on any atom is -0.392 e. The van der Waals surface area contributed by atoms with E-state index in [9.17, 15) is 5.11 Å². The van der Waals surface area contributed by atoms with E-state index in [0.717, 1.165) is 32.1 Å². The van der Waals surface area contributed by atoms with Gasteiger partial charge in [-0.25, -0.2) is 0 Å². The zero-order valence-corrected chi connectivity index (χ0v) is 14.0. The van der Waals surface area contributed by atoms with E-state index >= 15 is 0 Å². The van der Waals surface area contributed by atoms with Gasteiger partial charge in [-0.15, -0.1) is 0 Å². The normalized spacial score (nSPS) is 19.1. The summed E-state index contributed by atoms with van der Waals surface area (Å²) in [5.74, 6) is 0.792. The summed E-state index contributed by atoms with van der Waals surface area (Å²) in [6.07, 6.45) is 6.74. The molecule has 1 fully saturated rings. The fourth-order valence-electron chi connectivity index (χ4n) is 3.17. The zero-order valence-electron chi connectivity index (χ0n) is 14.0. The summed E-state index contributed by atoms with van der Waals surface area (Å²) in [5.41, 5.74) is 1.27. The number of hydrogen-bond donors (Lipinski definition) is 1. The molecular weight excluding hydrogens is 272 g/mol. The molecule has 3 heteroatoms. The number of likely N-dealkylation sites (tertiary alicyclic amines) is 1. The second-order valence-corrected chi connectivity index (χ2v) is 6.63. The Labute approximate surface area is 135 Å². The van der Waals surface area contributed by atoms with E-state index in [1.807, 2.05) is 13.0 Å². The van der Waals surface area contributed by atoms with Crippen LogP contribution >= 0.6 is 0 Å². The van der Waals surface area contributed by atoms with Gasteiger partial charge < -0.3 is 14.9 Å². The first kappa shape index (κ1) is 17.2. The Bertz CT molecular complexity index is 436. The van der Waals surface area contributed by atoms with Crippen LogP contribution in [-0.4, -0.2) is 60.8 Å². The molecule has 0 aromatic heterocycles. The highest BCUT2D eigenvalue weighted by molar-refractivity contribution is 5.48. The number of aliphatic hydroxyl groups excluding tert-OH is 1. The quantitative estimate of drug-likeness (QED) is 0.839. The third-order valence-electron chi connectivity index (χ3n) is 4.33. The number of β-amino-alcohol motifs (C(OH)–C–C–N with tert-alkyl or cyclic N) is 1. The van der Waals surface area contributed by atoms with Crippen molar-refractivity contribution in [2.24, 2.45) is 5.92 Å². The van der Waals surface area contributed by atoms with Crippen molar-refractivity contribution in [3.05, 3.63) is 42.0 Å². The Balaban J connectivity index is 1.65. The molecule has 0 radical (unpaired) electrons. The number of nitrogens with zero attached hydrogens (tertiary/aromatic N) is 2. The molecule has 0 unspecified atom stereocenters. The molecule has 1 aromatic rings. The van der Waals surface area contributed by atoms with Gasteiger partial charge in [0.15, 0.2) is 0 Å². The molecule has 1 aliphatic heterocycles.